The number of hydrogen-bond acceptors (Lipinski definition) is 3. The van der Waals surface area contributed by atoms with Gasteiger partial charge in [0.15, 0.2) is 9.84 Å². The quantitative estimate of drug-likeness (QED) is 0.906. The average molecular weight is 317 g/mol. The lowest BCUT2D eigenvalue weighted by Crippen LogP contribution is -2.22. The molecule has 0 unspecified atom stereocenters. The zero-order valence-corrected chi connectivity index (χ0v) is 13.0. The van der Waals surface area contributed by atoms with Gasteiger partial charge in [-0.1, -0.05) is 31.5 Å². The summed E-state index contributed by atoms with van der Waals surface area (Å²) in [4.78, 5) is 11.0. The highest BCUT2D eigenvalue weighted by Gasteiger charge is 2.38. The highest BCUT2D eigenvalue weighted by molar-refractivity contribution is 7.92. The summed E-state index contributed by atoms with van der Waals surface area (Å²) in [6, 6.07) is 4.72. The number of carbonyl (C=O) groups is 1. The van der Waals surface area contributed by atoms with Gasteiger partial charge >= 0.3 is 5.97 Å². The molecule has 6 heteroatoms. The first-order chi connectivity index (χ1) is 9.14. The van der Waals surface area contributed by atoms with Crippen LogP contribution in [0.25, 0.3) is 0 Å². The van der Waals surface area contributed by atoms with Crippen LogP contribution in [0.2, 0.25) is 5.02 Å². The van der Waals surface area contributed by atoms with E-state index in [1.54, 1.807) is 26.0 Å². The van der Waals surface area contributed by atoms with Gasteiger partial charge in [0.05, 0.1) is 21.6 Å². The zero-order valence-electron chi connectivity index (χ0n) is 11.4. The molecule has 0 spiro atoms. The van der Waals surface area contributed by atoms with Crippen molar-refractivity contribution in [3.05, 3.63) is 28.8 Å². The summed E-state index contributed by atoms with van der Waals surface area (Å²) in [5.41, 5.74) is 0.122. The summed E-state index contributed by atoms with van der Waals surface area (Å²) in [6.45, 7) is 3.59. The molecule has 1 fully saturated rings. The van der Waals surface area contributed by atoms with Crippen LogP contribution in [0.3, 0.4) is 0 Å². The van der Waals surface area contributed by atoms with Crippen molar-refractivity contribution in [1.82, 2.24) is 0 Å². The molecule has 20 heavy (non-hydrogen) atoms. The molecule has 0 aromatic heterocycles. The van der Waals surface area contributed by atoms with Gasteiger partial charge in [-0.15, -0.1) is 0 Å². The van der Waals surface area contributed by atoms with E-state index in [0.29, 0.717) is 12.8 Å². The third-order valence-electron chi connectivity index (χ3n) is 3.58. The van der Waals surface area contributed by atoms with Crippen LogP contribution in [0.5, 0.6) is 0 Å². The minimum absolute atomic E-state index is 0.0436. The molecule has 0 aliphatic heterocycles. The Bertz CT molecular complexity index is 645. The van der Waals surface area contributed by atoms with Crippen molar-refractivity contribution in [1.29, 1.82) is 0 Å². The van der Waals surface area contributed by atoms with Crippen molar-refractivity contribution in [3.8, 4) is 0 Å². The van der Waals surface area contributed by atoms with Crippen LogP contribution in [-0.2, 0) is 20.0 Å². The van der Waals surface area contributed by atoms with Gasteiger partial charge in [0, 0.05) is 5.41 Å². The molecule has 0 atom stereocenters. The number of carboxylic acid groups (broad SMARTS) is 1. The predicted octanol–water partition coefficient (Wildman–Crippen LogP) is 3.03. The van der Waals surface area contributed by atoms with Crippen molar-refractivity contribution >= 4 is 27.4 Å². The smallest absolute Gasteiger partial charge is 0.304 e. The summed E-state index contributed by atoms with van der Waals surface area (Å²) in [6.07, 6.45) is 1.33. The van der Waals surface area contributed by atoms with E-state index in [-0.39, 0.29) is 21.6 Å². The van der Waals surface area contributed by atoms with E-state index in [1.807, 2.05) is 0 Å². The molecule has 2 rings (SSSR count). The standard InChI is InChI=1S/C14H17ClO4S/c1-14(2,8-13(16)17)9-3-6-12(11(15)7-9)20(18,19)10-4-5-10/h3,6-7,10H,4-5,8H2,1-2H3,(H,16,17). The van der Waals surface area contributed by atoms with Gasteiger partial charge in [-0.2, -0.15) is 0 Å². The van der Waals surface area contributed by atoms with Crippen LogP contribution in [0.15, 0.2) is 23.1 Å². The van der Waals surface area contributed by atoms with E-state index in [4.69, 9.17) is 16.7 Å². The van der Waals surface area contributed by atoms with Crippen LogP contribution >= 0.6 is 11.6 Å². The third kappa shape index (κ3) is 2.99. The molecule has 0 radical (unpaired) electrons. The molecule has 1 aromatic rings. The lowest BCUT2D eigenvalue weighted by molar-refractivity contribution is -0.138. The number of aliphatic carboxylic acids is 1. The van der Waals surface area contributed by atoms with E-state index in [1.165, 1.54) is 6.07 Å². The van der Waals surface area contributed by atoms with Gasteiger partial charge in [-0.05, 0) is 30.5 Å². The first-order valence-corrected chi connectivity index (χ1v) is 8.33. The molecule has 4 nitrogen and oxygen atoms in total. The van der Waals surface area contributed by atoms with Gasteiger partial charge in [0.1, 0.15) is 0 Å². The minimum Gasteiger partial charge on any atom is -0.481 e. The number of halogens is 1. The lowest BCUT2D eigenvalue weighted by atomic mass is 9.82. The van der Waals surface area contributed by atoms with E-state index in [2.05, 4.69) is 0 Å². The van der Waals surface area contributed by atoms with Gasteiger partial charge in [0.2, 0.25) is 0 Å². The Kier molecular flexibility index (Phi) is 3.86. The van der Waals surface area contributed by atoms with E-state index >= 15 is 0 Å². The average Bonchev–Trinajstić information content (AvgIpc) is 3.10. The van der Waals surface area contributed by atoms with E-state index in [0.717, 1.165) is 5.56 Å². The number of sulfone groups is 1. The molecular formula is C14H17ClO4S. The first kappa shape index (κ1) is 15.3. The summed E-state index contributed by atoms with van der Waals surface area (Å²) in [5, 5.41) is 8.78. The topological polar surface area (TPSA) is 71.4 Å². The highest BCUT2D eigenvalue weighted by atomic mass is 35.5. The maximum Gasteiger partial charge on any atom is 0.304 e. The Morgan fingerprint density at radius 2 is 2.00 bits per heavy atom. The van der Waals surface area contributed by atoms with Gasteiger partial charge < -0.3 is 5.11 Å². The molecule has 110 valence electrons. The minimum atomic E-state index is -3.33. The fraction of sp³-hybridized carbons (Fsp3) is 0.500. The first-order valence-electron chi connectivity index (χ1n) is 6.40. The Morgan fingerprint density at radius 3 is 2.45 bits per heavy atom. The van der Waals surface area contributed by atoms with E-state index < -0.39 is 21.2 Å². The van der Waals surface area contributed by atoms with Crippen LogP contribution in [0.4, 0.5) is 0 Å². The Labute approximate surface area is 123 Å². The number of benzene rings is 1. The van der Waals surface area contributed by atoms with Gasteiger partial charge in [-0.3, -0.25) is 4.79 Å². The summed E-state index contributed by atoms with van der Waals surface area (Å²) < 4.78 is 24.4. The molecule has 0 saturated heterocycles. The Balaban J connectivity index is 2.37. The largest absolute Gasteiger partial charge is 0.481 e. The van der Waals surface area contributed by atoms with Crippen molar-refractivity contribution in [3.63, 3.8) is 0 Å². The van der Waals surface area contributed by atoms with Crippen molar-refractivity contribution < 1.29 is 18.3 Å². The molecule has 1 aliphatic carbocycles. The molecule has 1 aliphatic rings. The SMILES string of the molecule is CC(C)(CC(=O)O)c1ccc(S(=O)(=O)C2CC2)c(Cl)c1. The lowest BCUT2D eigenvalue weighted by Gasteiger charge is -2.23. The van der Waals surface area contributed by atoms with Crippen LogP contribution in [0, 0.1) is 0 Å². The van der Waals surface area contributed by atoms with Crippen LogP contribution in [0.1, 0.15) is 38.7 Å². The van der Waals surface area contributed by atoms with Crippen molar-refractivity contribution in [2.24, 2.45) is 0 Å². The predicted molar refractivity (Wildman–Crippen MR) is 76.9 cm³/mol. The summed E-state index contributed by atoms with van der Waals surface area (Å²) in [7, 11) is -3.33. The third-order valence-corrected chi connectivity index (χ3v) is 6.32. The highest BCUT2D eigenvalue weighted by Crippen LogP contribution is 2.38. The maximum absolute atomic E-state index is 12.2. The van der Waals surface area contributed by atoms with Crippen LogP contribution < -0.4 is 0 Å². The molecule has 1 aromatic carbocycles. The zero-order chi connectivity index (χ0) is 15.1. The second-order valence-electron chi connectivity index (χ2n) is 5.84. The van der Waals surface area contributed by atoms with Crippen LogP contribution in [-0.4, -0.2) is 24.7 Å². The molecule has 0 amide bonds. The molecular weight excluding hydrogens is 300 g/mol. The Morgan fingerprint density at radius 1 is 1.40 bits per heavy atom. The monoisotopic (exact) mass is 316 g/mol. The summed E-state index contributed by atoms with van der Waals surface area (Å²) >= 11 is 6.10. The normalized spacial score (nSPS) is 16.1. The Hall–Kier alpha value is -1.07. The van der Waals surface area contributed by atoms with E-state index in [9.17, 15) is 13.2 Å². The fourth-order valence-electron chi connectivity index (χ4n) is 2.19. The number of hydrogen-bond donors (Lipinski definition) is 1. The van der Waals surface area contributed by atoms with Gasteiger partial charge in [-0.25, -0.2) is 8.42 Å². The maximum atomic E-state index is 12.2. The molecule has 1 N–H and O–H groups in total. The number of carboxylic acids is 1. The fourth-order valence-corrected chi connectivity index (χ4v) is 4.40. The van der Waals surface area contributed by atoms with Crippen molar-refractivity contribution in [2.75, 3.05) is 0 Å². The van der Waals surface area contributed by atoms with Crippen molar-refractivity contribution in [2.45, 2.75) is 48.7 Å². The number of rotatable bonds is 5. The second-order valence-corrected chi connectivity index (χ2v) is 8.45. The molecule has 0 bridgehead atoms. The van der Waals surface area contributed by atoms with Gasteiger partial charge in [0.25, 0.3) is 0 Å². The molecule has 1 saturated carbocycles. The second kappa shape index (κ2) is 5.04. The summed E-state index contributed by atoms with van der Waals surface area (Å²) in [5.74, 6) is -0.902. The molecule has 0 heterocycles.